The minimum absolute atomic E-state index is 0.0257. The average molecular weight is 205 g/mol. The lowest BCUT2D eigenvalue weighted by atomic mass is 10.0. The molecule has 1 aromatic carbocycles. The van der Waals surface area contributed by atoms with Gasteiger partial charge in [-0.05, 0) is 31.5 Å². The topological polar surface area (TPSA) is 60.2 Å². The van der Waals surface area contributed by atoms with Gasteiger partial charge in [0.2, 0.25) is 0 Å². The highest BCUT2D eigenvalue weighted by molar-refractivity contribution is 6.07. The molecule has 0 aliphatic heterocycles. The first-order chi connectivity index (χ1) is 7.06. The summed E-state index contributed by atoms with van der Waals surface area (Å²) in [5.41, 5.74) is 2.19. The van der Waals surface area contributed by atoms with Crippen LogP contribution in [0.15, 0.2) is 29.8 Å². The van der Waals surface area contributed by atoms with Crippen molar-refractivity contribution in [2.45, 2.75) is 13.8 Å². The van der Waals surface area contributed by atoms with Crippen molar-refractivity contribution in [2.75, 3.05) is 0 Å². The number of nitro benzene ring substituents is 1. The summed E-state index contributed by atoms with van der Waals surface area (Å²) < 4.78 is 0. The predicted octanol–water partition coefficient (Wildman–Crippen LogP) is 2.59. The molecule has 0 amide bonds. The zero-order valence-corrected chi connectivity index (χ0v) is 8.56. The van der Waals surface area contributed by atoms with E-state index in [4.69, 9.17) is 0 Å². The van der Waals surface area contributed by atoms with E-state index in [9.17, 15) is 14.9 Å². The highest BCUT2D eigenvalue weighted by Gasteiger charge is 2.06. The van der Waals surface area contributed by atoms with Crippen LogP contribution in [-0.4, -0.2) is 11.2 Å². The molecule has 0 aliphatic carbocycles. The lowest BCUT2D eigenvalue weighted by Crippen LogP contribution is -1.91. The molecule has 0 fully saturated rings. The lowest BCUT2D eigenvalue weighted by molar-refractivity contribution is -0.384. The van der Waals surface area contributed by atoms with Crippen molar-refractivity contribution in [1.29, 1.82) is 0 Å². The number of allylic oxidation sites excluding steroid dienone is 2. The minimum Gasteiger partial charge on any atom is -0.298 e. The zero-order valence-electron chi connectivity index (χ0n) is 8.56. The molecule has 0 spiro atoms. The number of aldehydes is 1. The molecule has 0 saturated heterocycles. The van der Waals surface area contributed by atoms with Crippen LogP contribution in [0, 0.1) is 10.1 Å². The van der Waals surface area contributed by atoms with Crippen molar-refractivity contribution < 1.29 is 9.72 Å². The molecule has 0 aliphatic rings. The van der Waals surface area contributed by atoms with Gasteiger partial charge < -0.3 is 0 Å². The van der Waals surface area contributed by atoms with E-state index < -0.39 is 4.92 Å². The fourth-order valence-electron chi connectivity index (χ4n) is 1.24. The minimum atomic E-state index is -0.465. The summed E-state index contributed by atoms with van der Waals surface area (Å²) in [6.45, 7) is 3.65. The van der Waals surface area contributed by atoms with Gasteiger partial charge in [-0.3, -0.25) is 14.9 Å². The number of hydrogen-bond donors (Lipinski definition) is 0. The van der Waals surface area contributed by atoms with E-state index in [0.717, 1.165) is 11.9 Å². The van der Waals surface area contributed by atoms with Crippen LogP contribution < -0.4 is 0 Å². The van der Waals surface area contributed by atoms with E-state index in [-0.39, 0.29) is 5.69 Å². The third-order valence-electron chi connectivity index (χ3n) is 2.05. The number of non-ortho nitro benzene ring substituents is 1. The van der Waals surface area contributed by atoms with Gasteiger partial charge in [0, 0.05) is 17.7 Å². The van der Waals surface area contributed by atoms with Crippen molar-refractivity contribution in [3.05, 3.63) is 45.5 Å². The van der Waals surface area contributed by atoms with Gasteiger partial charge in [0.15, 0.2) is 6.29 Å². The average Bonchev–Trinajstić information content (AvgIpc) is 2.19. The van der Waals surface area contributed by atoms with E-state index >= 15 is 0 Å². The van der Waals surface area contributed by atoms with Crippen molar-refractivity contribution in [3.63, 3.8) is 0 Å². The second-order valence-corrected chi connectivity index (χ2v) is 3.34. The molecule has 0 saturated carbocycles. The number of nitrogens with zero attached hydrogens (tertiary/aromatic N) is 1. The Morgan fingerprint density at radius 3 is 2.13 bits per heavy atom. The molecule has 4 nitrogen and oxygen atoms in total. The normalized spacial score (nSPS) is 9.47. The van der Waals surface area contributed by atoms with Gasteiger partial charge in [0.1, 0.15) is 0 Å². The molecule has 4 heteroatoms. The highest BCUT2D eigenvalue weighted by atomic mass is 16.6. The van der Waals surface area contributed by atoms with Gasteiger partial charge in [-0.15, -0.1) is 0 Å². The molecule has 0 bridgehead atoms. The molecule has 1 rings (SSSR count). The first-order valence-corrected chi connectivity index (χ1v) is 4.43. The number of nitro groups is 1. The summed E-state index contributed by atoms with van der Waals surface area (Å²) in [7, 11) is 0. The molecule has 0 heterocycles. The number of carbonyl (C=O) groups is 1. The number of benzene rings is 1. The number of carbonyl (C=O) groups excluding carboxylic acids is 1. The Balaban J connectivity index is 3.14. The molecular weight excluding hydrogens is 194 g/mol. The summed E-state index contributed by atoms with van der Waals surface area (Å²) in [6.07, 6.45) is 0.760. The maximum Gasteiger partial charge on any atom is 0.269 e. The van der Waals surface area contributed by atoms with E-state index in [2.05, 4.69) is 0 Å². The summed E-state index contributed by atoms with van der Waals surface area (Å²) in [5, 5.41) is 10.4. The van der Waals surface area contributed by atoms with Gasteiger partial charge in [-0.1, -0.05) is 5.57 Å². The SMILES string of the molecule is CC(C)=C(C=O)c1ccc([N+](=O)[O-])cc1. The molecule has 15 heavy (non-hydrogen) atoms. The fraction of sp³-hybridized carbons (Fsp3) is 0.182. The Labute approximate surface area is 87.4 Å². The highest BCUT2D eigenvalue weighted by Crippen LogP contribution is 2.19. The zero-order chi connectivity index (χ0) is 11.4. The molecule has 0 atom stereocenters. The summed E-state index contributed by atoms with van der Waals surface area (Å²) >= 11 is 0. The van der Waals surface area contributed by atoms with E-state index in [1.165, 1.54) is 12.1 Å². The quantitative estimate of drug-likeness (QED) is 0.330. The van der Waals surface area contributed by atoms with E-state index in [0.29, 0.717) is 11.1 Å². The second kappa shape index (κ2) is 4.50. The summed E-state index contributed by atoms with van der Waals surface area (Å²) in [5.74, 6) is 0. The van der Waals surface area contributed by atoms with Crippen LogP contribution in [0.25, 0.3) is 5.57 Å². The molecule has 0 radical (unpaired) electrons. The van der Waals surface area contributed by atoms with Crippen LogP contribution in [0.1, 0.15) is 19.4 Å². The van der Waals surface area contributed by atoms with Gasteiger partial charge in [-0.25, -0.2) is 0 Å². The summed E-state index contributed by atoms with van der Waals surface area (Å²) in [6, 6.07) is 5.94. The van der Waals surface area contributed by atoms with Gasteiger partial charge in [0.05, 0.1) is 4.92 Å². The Morgan fingerprint density at radius 1 is 1.27 bits per heavy atom. The third kappa shape index (κ3) is 2.49. The molecule has 1 aromatic rings. The Morgan fingerprint density at radius 2 is 1.80 bits per heavy atom. The fourth-order valence-corrected chi connectivity index (χ4v) is 1.24. The summed E-state index contributed by atoms with van der Waals surface area (Å²) in [4.78, 5) is 20.7. The molecule has 0 N–H and O–H groups in total. The standard InChI is InChI=1S/C11H11NO3/c1-8(2)11(7-13)9-3-5-10(6-4-9)12(14)15/h3-7H,1-2H3. The Hall–Kier alpha value is -1.97. The van der Waals surface area contributed by atoms with Crippen LogP contribution >= 0.6 is 0 Å². The monoisotopic (exact) mass is 205 g/mol. The predicted molar refractivity (Wildman–Crippen MR) is 57.4 cm³/mol. The van der Waals surface area contributed by atoms with Crippen LogP contribution in [0.5, 0.6) is 0 Å². The first-order valence-electron chi connectivity index (χ1n) is 4.43. The van der Waals surface area contributed by atoms with Gasteiger partial charge in [0.25, 0.3) is 5.69 Å². The smallest absolute Gasteiger partial charge is 0.269 e. The first kappa shape index (κ1) is 11.1. The second-order valence-electron chi connectivity index (χ2n) is 3.34. The number of hydrogen-bond acceptors (Lipinski definition) is 3. The maximum atomic E-state index is 10.8. The third-order valence-corrected chi connectivity index (χ3v) is 2.05. The van der Waals surface area contributed by atoms with Crippen LogP contribution in [0.2, 0.25) is 0 Å². The number of rotatable bonds is 3. The molecule has 78 valence electrons. The van der Waals surface area contributed by atoms with Crippen molar-refractivity contribution in [3.8, 4) is 0 Å². The maximum absolute atomic E-state index is 10.8. The lowest BCUT2D eigenvalue weighted by Gasteiger charge is -2.01. The van der Waals surface area contributed by atoms with Crippen molar-refractivity contribution >= 4 is 17.5 Å². The Bertz CT molecular complexity index is 414. The molecule has 0 aromatic heterocycles. The van der Waals surface area contributed by atoms with Gasteiger partial charge in [-0.2, -0.15) is 0 Å². The van der Waals surface area contributed by atoms with Crippen LogP contribution in [-0.2, 0) is 4.79 Å². The van der Waals surface area contributed by atoms with Crippen LogP contribution in [0.4, 0.5) is 5.69 Å². The molecular formula is C11H11NO3. The van der Waals surface area contributed by atoms with Crippen molar-refractivity contribution in [1.82, 2.24) is 0 Å². The van der Waals surface area contributed by atoms with E-state index in [1.54, 1.807) is 12.1 Å². The Kier molecular flexibility index (Phi) is 3.33. The van der Waals surface area contributed by atoms with Crippen LogP contribution in [0.3, 0.4) is 0 Å². The van der Waals surface area contributed by atoms with Crippen molar-refractivity contribution in [2.24, 2.45) is 0 Å². The largest absolute Gasteiger partial charge is 0.298 e. The van der Waals surface area contributed by atoms with E-state index in [1.807, 2.05) is 13.8 Å². The molecule has 0 unspecified atom stereocenters. The van der Waals surface area contributed by atoms with Gasteiger partial charge >= 0.3 is 0 Å².